The van der Waals surface area contributed by atoms with Crippen LogP contribution in [0.15, 0.2) is 187 Å². The van der Waals surface area contributed by atoms with Crippen molar-refractivity contribution >= 4 is 61.0 Å². The Labute approximate surface area is 337 Å². The van der Waals surface area contributed by atoms with E-state index in [9.17, 15) is 0 Å². The van der Waals surface area contributed by atoms with Crippen LogP contribution in [0.5, 0.6) is 0 Å². The molecule has 0 radical (unpaired) electrons. The minimum atomic E-state index is 0.603. The van der Waals surface area contributed by atoms with Gasteiger partial charge in [0.05, 0.1) is 39.7 Å². The van der Waals surface area contributed by atoms with Crippen molar-refractivity contribution in [1.29, 1.82) is 0 Å². The second kappa shape index (κ2) is 18.7. The van der Waals surface area contributed by atoms with Crippen molar-refractivity contribution in [3.05, 3.63) is 188 Å². The second-order valence-corrected chi connectivity index (χ2v) is 12.6. The number of pyridine rings is 1. The molecule has 284 valence electrons. The SMILES string of the molecule is C=C(N=C(N=C(C)n1c2ccccc2c2c(-c3cc4c5ccccc5n(-c5ccccc5)c4cn3)cccc21)c1ccccc1)c1ccccc1.CC.CC.CC. The Hall–Kier alpha value is -6.85. The van der Waals surface area contributed by atoms with E-state index in [0.717, 1.165) is 66.7 Å². The van der Waals surface area contributed by atoms with Gasteiger partial charge in [-0.2, -0.15) is 0 Å². The third-order valence-electron chi connectivity index (χ3n) is 9.52. The Kier molecular flexibility index (Phi) is 13.0. The third kappa shape index (κ3) is 7.83. The van der Waals surface area contributed by atoms with Crippen LogP contribution in [0, 0.1) is 0 Å². The summed E-state index contributed by atoms with van der Waals surface area (Å²) in [5.41, 5.74) is 10.00. The fourth-order valence-corrected chi connectivity index (χ4v) is 7.22. The van der Waals surface area contributed by atoms with Gasteiger partial charge in [-0.3, -0.25) is 9.55 Å². The Bertz CT molecular complexity index is 2810. The van der Waals surface area contributed by atoms with Gasteiger partial charge in [0.1, 0.15) is 5.84 Å². The Morgan fingerprint density at radius 2 is 1.05 bits per heavy atom. The van der Waals surface area contributed by atoms with Crippen molar-refractivity contribution in [3.63, 3.8) is 0 Å². The van der Waals surface area contributed by atoms with Crippen LogP contribution in [0.4, 0.5) is 0 Å². The summed E-state index contributed by atoms with van der Waals surface area (Å²) in [7, 11) is 0. The molecule has 0 N–H and O–H groups in total. The first-order valence-electron chi connectivity index (χ1n) is 20.1. The summed E-state index contributed by atoms with van der Waals surface area (Å²) in [6.45, 7) is 18.3. The maximum absolute atomic E-state index is 5.21. The van der Waals surface area contributed by atoms with Crippen molar-refractivity contribution in [3.8, 4) is 16.9 Å². The van der Waals surface area contributed by atoms with Gasteiger partial charge < -0.3 is 4.57 Å². The molecule has 3 heterocycles. The first-order chi connectivity index (χ1) is 28.2. The number of fused-ring (bicyclic) bond motifs is 6. The molecule has 0 aliphatic rings. The Morgan fingerprint density at radius 3 is 1.72 bits per heavy atom. The normalized spacial score (nSPS) is 11.4. The molecule has 5 nitrogen and oxygen atoms in total. The molecule has 0 fully saturated rings. The zero-order valence-corrected chi connectivity index (χ0v) is 34.1. The molecule has 57 heavy (non-hydrogen) atoms. The Morgan fingerprint density at radius 1 is 0.509 bits per heavy atom. The van der Waals surface area contributed by atoms with Gasteiger partial charge in [0.25, 0.3) is 0 Å². The van der Waals surface area contributed by atoms with Gasteiger partial charge in [-0.25, -0.2) is 9.98 Å². The number of aromatic nitrogens is 3. The van der Waals surface area contributed by atoms with Crippen LogP contribution in [0.2, 0.25) is 0 Å². The number of para-hydroxylation sites is 3. The average Bonchev–Trinajstić information content (AvgIpc) is 3.82. The molecule has 0 bridgehead atoms. The van der Waals surface area contributed by atoms with Crippen LogP contribution < -0.4 is 0 Å². The maximum Gasteiger partial charge on any atom is 0.161 e. The van der Waals surface area contributed by atoms with Crippen molar-refractivity contribution in [2.24, 2.45) is 9.98 Å². The number of benzene rings is 6. The highest BCUT2D eigenvalue weighted by Crippen LogP contribution is 2.39. The molecule has 0 atom stereocenters. The molecule has 0 unspecified atom stereocenters. The molecule has 3 aromatic heterocycles. The molecule has 5 heteroatoms. The van der Waals surface area contributed by atoms with Crippen LogP contribution >= 0.6 is 0 Å². The van der Waals surface area contributed by atoms with Gasteiger partial charge >= 0.3 is 0 Å². The van der Waals surface area contributed by atoms with E-state index in [0.29, 0.717) is 11.5 Å². The van der Waals surface area contributed by atoms with Gasteiger partial charge in [0.15, 0.2) is 5.84 Å². The van der Waals surface area contributed by atoms with E-state index < -0.39 is 0 Å². The molecule has 0 saturated carbocycles. The van der Waals surface area contributed by atoms with E-state index in [1.54, 1.807) is 0 Å². The summed E-state index contributed by atoms with van der Waals surface area (Å²) in [4.78, 5) is 15.3. The predicted molar refractivity (Wildman–Crippen MR) is 248 cm³/mol. The summed E-state index contributed by atoms with van der Waals surface area (Å²) < 4.78 is 4.53. The lowest BCUT2D eigenvalue weighted by molar-refractivity contribution is 1.17. The van der Waals surface area contributed by atoms with Gasteiger partial charge in [0.2, 0.25) is 0 Å². The van der Waals surface area contributed by atoms with E-state index >= 15 is 0 Å². The second-order valence-electron chi connectivity index (χ2n) is 12.6. The van der Waals surface area contributed by atoms with E-state index in [2.05, 4.69) is 113 Å². The molecular formula is C52H51N5. The number of rotatable bonds is 5. The van der Waals surface area contributed by atoms with E-state index in [1.165, 1.54) is 10.8 Å². The predicted octanol–water partition coefficient (Wildman–Crippen LogP) is 14.4. The number of aliphatic imine (C=N–C) groups is 2. The lowest BCUT2D eigenvalue weighted by atomic mass is 10.0. The molecule has 0 amide bonds. The molecule has 0 aliphatic carbocycles. The van der Waals surface area contributed by atoms with Crippen LogP contribution in [-0.4, -0.2) is 25.8 Å². The van der Waals surface area contributed by atoms with Crippen molar-refractivity contribution in [1.82, 2.24) is 14.1 Å². The molecule has 6 aromatic carbocycles. The lowest BCUT2D eigenvalue weighted by Gasteiger charge is -2.10. The zero-order valence-electron chi connectivity index (χ0n) is 34.1. The first-order valence-corrected chi connectivity index (χ1v) is 20.1. The smallest absolute Gasteiger partial charge is 0.161 e. The fraction of sp³-hybridized carbons (Fsp3) is 0.135. The van der Waals surface area contributed by atoms with Gasteiger partial charge in [-0.05, 0) is 48.9 Å². The third-order valence-corrected chi connectivity index (χ3v) is 9.52. The summed E-state index contributed by atoms with van der Waals surface area (Å²) in [5.74, 6) is 1.40. The van der Waals surface area contributed by atoms with Gasteiger partial charge in [-0.15, -0.1) is 0 Å². The summed E-state index contributed by atoms with van der Waals surface area (Å²) in [6.07, 6.45) is 2.02. The number of amidine groups is 1. The highest BCUT2D eigenvalue weighted by Gasteiger charge is 2.19. The largest absolute Gasteiger partial charge is 0.308 e. The van der Waals surface area contributed by atoms with Crippen LogP contribution in [0.1, 0.15) is 59.6 Å². The molecule has 9 rings (SSSR count). The quantitative estimate of drug-likeness (QED) is 0.128. The minimum absolute atomic E-state index is 0.603. The topological polar surface area (TPSA) is 47.5 Å². The van der Waals surface area contributed by atoms with E-state index in [4.69, 9.17) is 15.0 Å². The first kappa shape index (κ1) is 39.8. The van der Waals surface area contributed by atoms with Crippen LogP contribution in [0.3, 0.4) is 0 Å². The van der Waals surface area contributed by atoms with E-state index in [-0.39, 0.29) is 0 Å². The average molecular weight is 746 g/mol. The molecule has 0 spiro atoms. The monoisotopic (exact) mass is 745 g/mol. The molecule has 9 aromatic rings. The molecule has 0 aliphatic heterocycles. The lowest BCUT2D eigenvalue weighted by Crippen LogP contribution is -2.11. The number of nitrogens with zero attached hydrogens (tertiary/aromatic N) is 5. The number of hydrogen-bond donors (Lipinski definition) is 0. The van der Waals surface area contributed by atoms with Crippen molar-refractivity contribution in [2.75, 3.05) is 0 Å². The molecule has 0 saturated heterocycles. The fourth-order valence-electron chi connectivity index (χ4n) is 7.22. The van der Waals surface area contributed by atoms with E-state index in [1.807, 2.05) is 121 Å². The van der Waals surface area contributed by atoms with Crippen molar-refractivity contribution < 1.29 is 0 Å². The minimum Gasteiger partial charge on any atom is -0.308 e. The highest BCUT2D eigenvalue weighted by molar-refractivity contribution is 6.21. The Balaban J connectivity index is 0.000000876. The van der Waals surface area contributed by atoms with Gasteiger partial charge in [0, 0.05) is 38.4 Å². The van der Waals surface area contributed by atoms with Crippen LogP contribution in [-0.2, 0) is 0 Å². The standard InChI is InChI=1S/C46H33N5.3C2H6/c1-31(33-17-6-3-7-18-33)48-46(34-19-8-4-9-20-34)49-32(2)50-42-27-15-13-24-38(42)45-37(25-16-28-43(45)50)40-29-39-36-23-12-14-26-41(36)51(44(39)30-47-40)35-21-10-5-11-22-35;3*1-2/h3-30H,1H2,2H3;3*1-2H3. The summed E-state index contributed by atoms with van der Waals surface area (Å²) >= 11 is 0. The molecular weight excluding hydrogens is 695 g/mol. The maximum atomic E-state index is 5.21. The number of hydrogen-bond acceptors (Lipinski definition) is 2. The summed E-state index contributed by atoms with van der Waals surface area (Å²) in [6, 6.07) is 56.4. The highest BCUT2D eigenvalue weighted by atomic mass is 15.1. The summed E-state index contributed by atoms with van der Waals surface area (Å²) in [5, 5.41) is 4.63. The van der Waals surface area contributed by atoms with Crippen molar-refractivity contribution in [2.45, 2.75) is 48.5 Å². The van der Waals surface area contributed by atoms with Crippen LogP contribution in [0.25, 0.3) is 66.3 Å². The van der Waals surface area contributed by atoms with Gasteiger partial charge in [-0.1, -0.05) is 176 Å². The zero-order chi connectivity index (χ0) is 40.3.